The summed E-state index contributed by atoms with van der Waals surface area (Å²) in [4.78, 5) is 41.0. The average molecular weight is 529 g/mol. The second-order valence-corrected chi connectivity index (χ2v) is 9.36. The van der Waals surface area contributed by atoms with Gasteiger partial charge in [-0.3, -0.25) is 14.2 Å². The van der Waals surface area contributed by atoms with Crippen molar-refractivity contribution in [1.29, 1.82) is 0 Å². The summed E-state index contributed by atoms with van der Waals surface area (Å²) >= 11 is 0. The van der Waals surface area contributed by atoms with Gasteiger partial charge in [0.05, 0.1) is 34.7 Å². The number of carbonyl (C=O) groups excluding carboxylic acids is 1. The Morgan fingerprint density at radius 3 is 2.62 bits per heavy atom. The van der Waals surface area contributed by atoms with E-state index in [-0.39, 0.29) is 11.5 Å². The van der Waals surface area contributed by atoms with Crippen molar-refractivity contribution in [3.05, 3.63) is 118 Å². The fraction of sp³-hybridized carbons (Fsp3) is 0.133. The van der Waals surface area contributed by atoms with Gasteiger partial charge in [0.2, 0.25) is 0 Å². The first-order valence-corrected chi connectivity index (χ1v) is 12.6. The van der Waals surface area contributed by atoms with Crippen molar-refractivity contribution in [1.82, 2.24) is 39.0 Å². The van der Waals surface area contributed by atoms with Crippen molar-refractivity contribution in [2.75, 3.05) is 0 Å². The smallest absolute Gasteiger partial charge is 0.267 e. The number of nitrogens with zero attached hydrogens (tertiary/aromatic N) is 7. The van der Waals surface area contributed by atoms with E-state index in [9.17, 15) is 9.59 Å². The fourth-order valence-electron chi connectivity index (χ4n) is 4.67. The van der Waals surface area contributed by atoms with E-state index in [2.05, 4.69) is 32.2 Å². The summed E-state index contributed by atoms with van der Waals surface area (Å²) < 4.78 is 4.90. The highest BCUT2D eigenvalue weighted by Crippen LogP contribution is 2.21. The molecule has 0 unspecified atom stereocenters. The Morgan fingerprint density at radius 1 is 1.02 bits per heavy atom. The first-order valence-electron chi connectivity index (χ1n) is 12.6. The number of aromatic nitrogens is 7. The van der Waals surface area contributed by atoms with Gasteiger partial charge in [0, 0.05) is 31.2 Å². The quantitative estimate of drug-likeness (QED) is 0.351. The first kappa shape index (κ1) is 24.8. The molecule has 4 heterocycles. The Hall–Kier alpha value is -5.56. The van der Waals surface area contributed by atoms with Gasteiger partial charge in [0.25, 0.3) is 11.5 Å². The topological polar surface area (TPSA) is 112 Å². The molecule has 4 aromatic heterocycles. The second-order valence-electron chi connectivity index (χ2n) is 9.36. The maximum Gasteiger partial charge on any atom is 0.267 e. The van der Waals surface area contributed by atoms with Gasteiger partial charge in [-0.15, -0.1) is 0 Å². The highest BCUT2D eigenvalue weighted by molar-refractivity contribution is 6.01. The summed E-state index contributed by atoms with van der Waals surface area (Å²) in [5.41, 5.74) is 3.33. The number of nitrogens with one attached hydrogen (secondary N) is 1. The van der Waals surface area contributed by atoms with Crippen molar-refractivity contribution in [2.45, 2.75) is 19.9 Å². The minimum Gasteiger partial charge on any atom is -0.342 e. The lowest BCUT2D eigenvalue weighted by Crippen LogP contribution is -2.33. The van der Waals surface area contributed by atoms with Gasteiger partial charge in [0.1, 0.15) is 17.1 Å². The van der Waals surface area contributed by atoms with Gasteiger partial charge >= 0.3 is 0 Å². The number of fused-ring (bicyclic) bond motifs is 2. The predicted octanol–water partition coefficient (Wildman–Crippen LogP) is 3.36. The van der Waals surface area contributed by atoms with Crippen molar-refractivity contribution >= 4 is 22.5 Å². The van der Waals surface area contributed by atoms with Crippen molar-refractivity contribution in [2.24, 2.45) is 7.05 Å². The molecule has 0 radical (unpaired) electrons. The molecule has 0 saturated carbocycles. The summed E-state index contributed by atoms with van der Waals surface area (Å²) in [6.45, 7) is 3.56. The van der Waals surface area contributed by atoms with Crippen LogP contribution >= 0.6 is 0 Å². The number of imidazole rings is 1. The third-order valence-corrected chi connectivity index (χ3v) is 6.50. The van der Waals surface area contributed by atoms with Crippen LogP contribution in [0.4, 0.5) is 0 Å². The standard InChI is InChI=1S/C30H24N8O2/c1-19-25(28-31-15-8-16-37(28)35-19)29(39)33-20(2)27-34-24-12-7-9-21(13-14-22-17-36(3)18-32-22)26(24)30(40)38(27)23-10-5-4-6-11-23/h4-12,15-18,20H,1-3H3,(H,33,39)/t20-/m1/s1. The second kappa shape index (κ2) is 9.96. The Morgan fingerprint density at radius 2 is 1.85 bits per heavy atom. The van der Waals surface area contributed by atoms with Crippen LogP contribution in [0.1, 0.15) is 46.1 Å². The molecule has 0 saturated heterocycles. The molecule has 1 atom stereocenters. The van der Waals surface area contributed by atoms with Gasteiger partial charge in [-0.2, -0.15) is 5.10 Å². The molecule has 2 aromatic carbocycles. The fourth-order valence-corrected chi connectivity index (χ4v) is 4.67. The number of hydrogen-bond donors (Lipinski definition) is 1. The minimum absolute atomic E-state index is 0.285. The number of para-hydroxylation sites is 1. The van der Waals surface area contributed by atoms with Gasteiger partial charge in [-0.05, 0) is 50.1 Å². The maximum absolute atomic E-state index is 14.1. The third kappa shape index (κ3) is 4.39. The van der Waals surface area contributed by atoms with E-state index in [0.717, 1.165) is 0 Å². The van der Waals surface area contributed by atoms with Crippen LogP contribution in [0.15, 0.2) is 84.3 Å². The Labute approximate surface area is 229 Å². The third-order valence-electron chi connectivity index (χ3n) is 6.50. The lowest BCUT2D eigenvalue weighted by Gasteiger charge is -2.20. The molecular formula is C30H24N8O2. The molecule has 1 N–H and O–H groups in total. The molecule has 10 heteroatoms. The van der Waals surface area contributed by atoms with Crippen molar-refractivity contribution < 1.29 is 4.79 Å². The van der Waals surface area contributed by atoms with Crippen LogP contribution in [0.25, 0.3) is 22.2 Å². The van der Waals surface area contributed by atoms with Crippen LogP contribution in [0.2, 0.25) is 0 Å². The van der Waals surface area contributed by atoms with E-state index < -0.39 is 6.04 Å². The molecule has 196 valence electrons. The largest absolute Gasteiger partial charge is 0.342 e. The molecule has 0 spiro atoms. The van der Waals surface area contributed by atoms with E-state index in [4.69, 9.17) is 4.98 Å². The first-order chi connectivity index (χ1) is 19.4. The van der Waals surface area contributed by atoms with Gasteiger partial charge in [-0.1, -0.05) is 30.2 Å². The monoisotopic (exact) mass is 528 g/mol. The van der Waals surface area contributed by atoms with E-state index in [1.807, 2.05) is 54.2 Å². The molecule has 1 amide bonds. The lowest BCUT2D eigenvalue weighted by atomic mass is 10.1. The minimum atomic E-state index is -0.633. The number of amides is 1. The lowest BCUT2D eigenvalue weighted by molar-refractivity contribution is 0.0938. The summed E-state index contributed by atoms with van der Waals surface area (Å²) in [7, 11) is 1.87. The number of carbonyl (C=O) groups is 1. The summed E-state index contributed by atoms with van der Waals surface area (Å²) in [6.07, 6.45) is 6.83. The molecule has 0 aliphatic carbocycles. The molecule has 0 bridgehead atoms. The molecule has 0 aliphatic rings. The van der Waals surface area contributed by atoms with E-state index in [1.54, 1.807) is 55.3 Å². The van der Waals surface area contributed by atoms with Crippen LogP contribution < -0.4 is 10.9 Å². The summed E-state index contributed by atoms with van der Waals surface area (Å²) in [5, 5.41) is 7.78. The van der Waals surface area contributed by atoms with Gasteiger partial charge in [-0.25, -0.2) is 19.5 Å². The zero-order chi connectivity index (χ0) is 27.8. The maximum atomic E-state index is 14.1. The van der Waals surface area contributed by atoms with E-state index >= 15 is 0 Å². The molecule has 10 nitrogen and oxygen atoms in total. The molecular weight excluding hydrogens is 504 g/mol. The Bertz CT molecular complexity index is 2030. The Balaban J connectivity index is 1.48. The molecule has 6 rings (SSSR count). The van der Waals surface area contributed by atoms with Crippen molar-refractivity contribution in [3.8, 4) is 17.5 Å². The molecule has 40 heavy (non-hydrogen) atoms. The van der Waals surface area contributed by atoms with Crippen LogP contribution in [0, 0.1) is 18.8 Å². The van der Waals surface area contributed by atoms with Gasteiger partial charge < -0.3 is 9.88 Å². The van der Waals surface area contributed by atoms with Gasteiger partial charge in [0.15, 0.2) is 5.65 Å². The number of benzene rings is 2. The predicted molar refractivity (Wildman–Crippen MR) is 150 cm³/mol. The number of rotatable bonds is 4. The highest BCUT2D eigenvalue weighted by atomic mass is 16.2. The molecule has 0 fully saturated rings. The number of aryl methyl sites for hydroxylation is 2. The average Bonchev–Trinajstić information content (AvgIpc) is 3.53. The van der Waals surface area contributed by atoms with Crippen LogP contribution in [0.3, 0.4) is 0 Å². The molecule has 6 aromatic rings. The molecule has 0 aliphatic heterocycles. The highest BCUT2D eigenvalue weighted by Gasteiger charge is 2.24. The van der Waals surface area contributed by atoms with Crippen molar-refractivity contribution in [3.63, 3.8) is 0 Å². The SMILES string of the molecule is Cc1nn2cccnc2c1C(=O)N[C@H](C)c1nc2cccc(C#Cc3cn(C)cn3)c2c(=O)n1-c1ccccc1. The summed E-state index contributed by atoms with van der Waals surface area (Å²) in [6, 6.07) is 15.7. The van der Waals surface area contributed by atoms with Crippen LogP contribution in [-0.2, 0) is 7.05 Å². The normalized spacial score (nSPS) is 11.8. The zero-order valence-corrected chi connectivity index (χ0v) is 22.0. The van der Waals surface area contributed by atoms with E-state index in [0.29, 0.717) is 50.6 Å². The Kier molecular flexibility index (Phi) is 6.16. The summed E-state index contributed by atoms with van der Waals surface area (Å²) in [5.74, 6) is 6.15. The van der Waals surface area contributed by atoms with E-state index in [1.165, 1.54) is 4.57 Å². The number of hydrogen-bond acceptors (Lipinski definition) is 6. The zero-order valence-electron chi connectivity index (χ0n) is 22.0. The van der Waals surface area contributed by atoms with Crippen LogP contribution in [0.5, 0.6) is 0 Å². The van der Waals surface area contributed by atoms with Crippen LogP contribution in [-0.4, -0.2) is 39.6 Å².